The van der Waals surface area contributed by atoms with Crippen molar-refractivity contribution in [2.75, 3.05) is 39.7 Å². The fourth-order valence-corrected chi connectivity index (χ4v) is 8.66. The Labute approximate surface area is 297 Å². The highest BCUT2D eigenvalue weighted by Crippen LogP contribution is 2.61. The number of rotatable bonds is 12. The van der Waals surface area contributed by atoms with Crippen molar-refractivity contribution in [3.05, 3.63) is 47.5 Å². The van der Waals surface area contributed by atoms with Crippen LogP contribution in [0.1, 0.15) is 65.5 Å². The summed E-state index contributed by atoms with van der Waals surface area (Å²) >= 11 is 0. The highest BCUT2D eigenvalue weighted by molar-refractivity contribution is 5.83. The number of amides is 3. The molecule has 2 aromatic rings. The number of aliphatic hydroxyl groups excluding tert-OH is 1. The lowest BCUT2D eigenvalue weighted by molar-refractivity contribution is -0.177. The molecule has 1 aliphatic heterocycles. The van der Waals surface area contributed by atoms with Gasteiger partial charge in [0, 0.05) is 76.9 Å². The van der Waals surface area contributed by atoms with E-state index in [0.29, 0.717) is 30.0 Å². The van der Waals surface area contributed by atoms with E-state index in [1.54, 1.807) is 38.0 Å². The number of hydroxylamine groups is 2. The number of hydrogen-bond donors (Lipinski definition) is 3. The molecular formula is C39H57N5O6. The first-order valence-corrected chi connectivity index (χ1v) is 17.9. The number of carbonyl (C=O) groups excluding carboxylic acids is 3. The molecule has 1 heterocycles. The van der Waals surface area contributed by atoms with Crippen LogP contribution in [0, 0.1) is 29.1 Å². The van der Waals surface area contributed by atoms with E-state index < -0.39 is 24.2 Å². The van der Waals surface area contributed by atoms with Crippen molar-refractivity contribution in [3.63, 3.8) is 0 Å². The number of carbonyl (C=O) groups is 3. The molecule has 2 bridgehead atoms. The fraction of sp³-hybridized carbons (Fsp3) is 0.615. The molecule has 11 heteroatoms. The summed E-state index contributed by atoms with van der Waals surface area (Å²) in [6.45, 7) is 12.4. The molecule has 0 radical (unpaired) electrons. The lowest BCUT2D eigenvalue weighted by Crippen LogP contribution is -2.62. The zero-order valence-corrected chi connectivity index (χ0v) is 31.4. The number of anilines is 1. The van der Waals surface area contributed by atoms with Crippen LogP contribution >= 0.6 is 0 Å². The Balaban J connectivity index is 1.48. The molecule has 274 valence electrons. The number of nitrogens with zero attached hydrogens (tertiary/aromatic N) is 3. The maximum absolute atomic E-state index is 14.4. The van der Waals surface area contributed by atoms with Crippen LogP contribution in [-0.2, 0) is 32.3 Å². The summed E-state index contributed by atoms with van der Waals surface area (Å²) in [5, 5.41) is 19.0. The van der Waals surface area contributed by atoms with E-state index in [0.717, 1.165) is 34.4 Å². The summed E-state index contributed by atoms with van der Waals surface area (Å²) < 4.78 is 6.08. The molecule has 1 saturated heterocycles. The Morgan fingerprint density at radius 3 is 2.42 bits per heavy atom. The van der Waals surface area contributed by atoms with Gasteiger partial charge in [-0.05, 0) is 72.3 Å². The molecule has 50 heavy (non-hydrogen) atoms. The number of para-hydroxylation sites is 1. The van der Waals surface area contributed by atoms with Crippen LogP contribution in [0.3, 0.4) is 0 Å². The summed E-state index contributed by atoms with van der Waals surface area (Å²) in [5.74, 6) is 1.12. The van der Waals surface area contributed by atoms with Crippen LogP contribution in [-0.4, -0.2) is 91.9 Å². The lowest BCUT2D eigenvalue weighted by Gasteiger charge is -2.62. The third-order valence-electron chi connectivity index (χ3n) is 11.8. The van der Waals surface area contributed by atoms with Crippen molar-refractivity contribution in [2.45, 2.75) is 91.8 Å². The summed E-state index contributed by atoms with van der Waals surface area (Å²) in [4.78, 5) is 48.5. The van der Waals surface area contributed by atoms with Gasteiger partial charge in [-0.15, -0.1) is 0 Å². The quantitative estimate of drug-likeness (QED) is 0.303. The summed E-state index contributed by atoms with van der Waals surface area (Å²) in [6.07, 6.45) is 0.651. The van der Waals surface area contributed by atoms with Crippen LogP contribution in [0.15, 0.2) is 36.4 Å². The summed E-state index contributed by atoms with van der Waals surface area (Å²) in [6, 6.07) is 11.4. The Hall–Kier alpha value is -3.67. The average molecular weight is 692 g/mol. The maximum Gasteiger partial charge on any atom is 0.240 e. The number of hydrogen-bond acceptors (Lipinski definition) is 8. The molecule has 4 fully saturated rings. The van der Waals surface area contributed by atoms with Crippen molar-refractivity contribution < 1.29 is 29.1 Å². The predicted octanol–water partition coefficient (Wildman–Crippen LogP) is 4.21. The minimum absolute atomic E-state index is 0.0171. The SMILES string of the molecule is COc1c(CN2O[C@@H](CNC(C)=O)[C@H]([C@H](C)O)[C@H]2C(=O)N[C@H]2C[C@@H]3C[C@@H]([C@@H]2C)C3(C)C)cccc1-c1cc(CN(C)C(C)=O)cc(N(C)C)c1. The van der Waals surface area contributed by atoms with Gasteiger partial charge in [-0.25, -0.2) is 0 Å². The molecule has 3 aliphatic carbocycles. The standard InChI is InChI=1S/C39H57N5O6/c1-22-32-17-29(39(32,5)6)18-33(22)41-38(48)36-35(23(2)45)34(19-40-24(3)46)50-44(36)21-27-12-11-13-31(37(27)49-10)28-14-26(20-43(9)25(4)47)15-30(16-28)42(7)8/h11-16,22-23,29,32-36,45H,17-21H2,1-10H3,(H,40,46)(H,41,48)/t22-,23-,29-,32-,33-,34-,35-,36-/m0/s1. The van der Waals surface area contributed by atoms with Crippen LogP contribution in [0.5, 0.6) is 5.75 Å². The maximum atomic E-state index is 14.4. The number of fused-ring (bicyclic) bond motifs is 2. The van der Waals surface area contributed by atoms with Crippen molar-refractivity contribution in [1.29, 1.82) is 0 Å². The molecule has 0 aromatic heterocycles. The Bertz CT molecular complexity index is 1580. The van der Waals surface area contributed by atoms with E-state index in [2.05, 4.69) is 49.6 Å². The van der Waals surface area contributed by atoms with E-state index >= 15 is 0 Å². The zero-order chi connectivity index (χ0) is 36.7. The van der Waals surface area contributed by atoms with Crippen molar-refractivity contribution in [2.24, 2.45) is 29.1 Å². The zero-order valence-electron chi connectivity index (χ0n) is 31.4. The Morgan fingerprint density at radius 2 is 1.84 bits per heavy atom. The summed E-state index contributed by atoms with van der Waals surface area (Å²) in [5.41, 5.74) is 4.84. The van der Waals surface area contributed by atoms with Gasteiger partial charge in [0.1, 0.15) is 17.9 Å². The molecule has 3 saturated carbocycles. The average Bonchev–Trinajstić information content (AvgIpc) is 3.42. The van der Waals surface area contributed by atoms with E-state index in [4.69, 9.17) is 9.57 Å². The third kappa shape index (κ3) is 7.50. The van der Waals surface area contributed by atoms with Crippen LogP contribution in [0.4, 0.5) is 5.69 Å². The number of methoxy groups -OCH3 is 1. The van der Waals surface area contributed by atoms with Gasteiger partial charge in [-0.2, -0.15) is 5.06 Å². The lowest BCUT2D eigenvalue weighted by atomic mass is 9.45. The highest BCUT2D eigenvalue weighted by atomic mass is 16.7. The van der Waals surface area contributed by atoms with E-state index in [1.807, 2.05) is 37.2 Å². The first-order chi connectivity index (χ1) is 23.5. The molecule has 8 atom stereocenters. The summed E-state index contributed by atoms with van der Waals surface area (Å²) in [7, 11) is 7.38. The molecule has 0 spiro atoms. The Kier molecular flexibility index (Phi) is 11.2. The first-order valence-electron chi connectivity index (χ1n) is 17.9. The number of nitrogens with one attached hydrogen (secondary N) is 2. The monoisotopic (exact) mass is 691 g/mol. The fourth-order valence-electron chi connectivity index (χ4n) is 8.66. The number of ether oxygens (including phenoxy) is 1. The molecule has 3 N–H and O–H groups in total. The second kappa shape index (κ2) is 14.9. The van der Waals surface area contributed by atoms with Crippen molar-refractivity contribution in [3.8, 4) is 16.9 Å². The molecule has 4 aliphatic rings. The van der Waals surface area contributed by atoms with Crippen LogP contribution in [0.2, 0.25) is 0 Å². The molecule has 2 aromatic carbocycles. The number of benzene rings is 2. The molecular weight excluding hydrogens is 634 g/mol. The van der Waals surface area contributed by atoms with Gasteiger partial charge >= 0.3 is 0 Å². The molecule has 6 rings (SSSR count). The second-order valence-corrected chi connectivity index (χ2v) is 15.6. The minimum Gasteiger partial charge on any atom is -0.496 e. The molecule has 0 unspecified atom stereocenters. The molecule has 11 nitrogen and oxygen atoms in total. The normalized spacial score (nSPS) is 27.5. The highest BCUT2D eigenvalue weighted by Gasteiger charge is 2.57. The largest absolute Gasteiger partial charge is 0.496 e. The van der Waals surface area contributed by atoms with Gasteiger partial charge in [0.15, 0.2) is 0 Å². The minimum atomic E-state index is -0.876. The topological polar surface area (TPSA) is 124 Å². The van der Waals surface area contributed by atoms with E-state index in [-0.39, 0.29) is 42.3 Å². The smallest absolute Gasteiger partial charge is 0.240 e. The Morgan fingerprint density at radius 1 is 1.12 bits per heavy atom. The van der Waals surface area contributed by atoms with Gasteiger partial charge in [0.2, 0.25) is 17.7 Å². The third-order valence-corrected chi connectivity index (χ3v) is 11.8. The second-order valence-electron chi connectivity index (χ2n) is 15.6. The predicted molar refractivity (Wildman–Crippen MR) is 194 cm³/mol. The van der Waals surface area contributed by atoms with Gasteiger partial charge in [0.05, 0.1) is 19.8 Å². The van der Waals surface area contributed by atoms with Gasteiger partial charge in [-0.1, -0.05) is 39.0 Å². The van der Waals surface area contributed by atoms with E-state index in [9.17, 15) is 19.5 Å². The van der Waals surface area contributed by atoms with Crippen LogP contribution < -0.4 is 20.3 Å². The van der Waals surface area contributed by atoms with Gasteiger partial charge in [0.25, 0.3) is 0 Å². The van der Waals surface area contributed by atoms with Gasteiger partial charge < -0.3 is 30.3 Å². The van der Waals surface area contributed by atoms with E-state index in [1.165, 1.54) is 13.3 Å². The van der Waals surface area contributed by atoms with Crippen LogP contribution in [0.25, 0.3) is 11.1 Å². The first kappa shape index (κ1) is 37.6. The van der Waals surface area contributed by atoms with Crippen molar-refractivity contribution >= 4 is 23.4 Å². The number of aliphatic hydroxyl groups is 1. The van der Waals surface area contributed by atoms with Crippen molar-refractivity contribution in [1.82, 2.24) is 20.6 Å². The molecule has 3 amide bonds. The van der Waals surface area contributed by atoms with Gasteiger partial charge in [-0.3, -0.25) is 19.2 Å².